The topological polar surface area (TPSA) is 50.9 Å². The molecular formula is C12H19N3. The van der Waals surface area contributed by atoms with E-state index in [1.54, 1.807) is 0 Å². The van der Waals surface area contributed by atoms with Gasteiger partial charge in [-0.3, -0.25) is 16.3 Å². The number of nitrogens with zero attached hydrogens (tertiary/aromatic N) is 1. The predicted octanol–water partition coefficient (Wildman–Crippen LogP) is 1.65. The van der Waals surface area contributed by atoms with Gasteiger partial charge in [-0.2, -0.15) is 0 Å². The molecule has 0 spiro atoms. The maximum Gasteiger partial charge on any atom is 0.0419 e. The molecule has 1 aliphatic carbocycles. The number of nitrogens with one attached hydrogen (secondary N) is 1. The fourth-order valence-corrected chi connectivity index (χ4v) is 2.47. The Hall–Kier alpha value is -0.930. The van der Waals surface area contributed by atoms with Gasteiger partial charge in [0.2, 0.25) is 0 Å². The molecule has 1 saturated carbocycles. The molecule has 1 fully saturated rings. The van der Waals surface area contributed by atoms with E-state index in [2.05, 4.69) is 16.5 Å². The quantitative estimate of drug-likeness (QED) is 0.580. The van der Waals surface area contributed by atoms with Crippen LogP contribution < -0.4 is 11.3 Å². The van der Waals surface area contributed by atoms with Gasteiger partial charge in [-0.1, -0.05) is 18.9 Å². The second-order valence-corrected chi connectivity index (χ2v) is 4.34. The third kappa shape index (κ3) is 2.76. The van der Waals surface area contributed by atoms with Gasteiger partial charge in [0.05, 0.1) is 0 Å². The Kier molecular flexibility index (Phi) is 3.69. The fraction of sp³-hybridized carbons (Fsp3) is 0.583. The minimum absolute atomic E-state index is 0.391. The van der Waals surface area contributed by atoms with E-state index in [0.29, 0.717) is 6.04 Å². The molecule has 1 aliphatic rings. The van der Waals surface area contributed by atoms with Gasteiger partial charge in [-0.15, -0.1) is 0 Å². The molecule has 2 rings (SSSR count). The molecule has 0 radical (unpaired) electrons. The van der Waals surface area contributed by atoms with Crippen LogP contribution in [0.4, 0.5) is 0 Å². The Morgan fingerprint density at radius 3 is 2.80 bits per heavy atom. The van der Waals surface area contributed by atoms with Gasteiger partial charge in [-0.25, -0.2) is 0 Å². The van der Waals surface area contributed by atoms with E-state index in [1.807, 2.05) is 18.3 Å². The molecule has 1 aromatic rings. The van der Waals surface area contributed by atoms with Crippen molar-refractivity contribution in [3.63, 3.8) is 0 Å². The van der Waals surface area contributed by atoms with Crippen LogP contribution >= 0.6 is 0 Å². The van der Waals surface area contributed by atoms with Gasteiger partial charge in [0.1, 0.15) is 0 Å². The summed E-state index contributed by atoms with van der Waals surface area (Å²) in [5.41, 5.74) is 4.08. The van der Waals surface area contributed by atoms with Crippen molar-refractivity contribution < 1.29 is 0 Å². The lowest BCUT2D eigenvalue weighted by atomic mass is 9.94. The first-order chi connectivity index (χ1) is 7.40. The van der Waals surface area contributed by atoms with E-state index < -0.39 is 0 Å². The summed E-state index contributed by atoms with van der Waals surface area (Å²) in [7, 11) is 0. The molecule has 3 nitrogen and oxygen atoms in total. The fourth-order valence-electron chi connectivity index (χ4n) is 2.47. The number of rotatable bonds is 4. The van der Waals surface area contributed by atoms with Crippen molar-refractivity contribution in [1.82, 2.24) is 10.4 Å². The van der Waals surface area contributed by atoms with Crippen LogP contribution in [0.5, 0.6) is 0 Å². The molecule has 0 saturated heterocycles. The molecule has 3 heteroatoms. The number of hydrazine groups is 1. The van der Waals surface area contributed by atoms with Gasteiger partial charge in [-0.05, 0) is 30.9 Å². The first kappa shape index (κ1) is 10.6. The van der Waals surface area contributed by atoms with Crippen LogP contribution in [0.15, 0.2) is 24.4 Å². The van der Waals surface area contributed by atoms with E-state index in [-0.39, 0.29) is 0 Å². The highest BCUT2D eigenvalue weighted by Gasteiger charge is 2.24. The smallest absolute Gasteiger partial charge is 0.0419 e. The van der Waals surface area contributed by atoms with Crippen LogP contribution in [-0.2, 0) is 6.42 Å². The number of nitrogens with two attached hydrogens (primary N) is 1. The lowest BCUT2D eigenvalue weighted by Gasteiger charge is -2.21. The molecule has 0 aliphatic heterocycles. The minimum Gasteiger partial charge on any atom is -0.271 e. The Balaban J connectivity index is 1.96. The highest BCUT2D eigenvalue weighted by Crippen LogP contribution is 2.28. The maximum atomic E-state index is 5.62. The highest BCUT2D eigenvalue weighted by molar-refractivity contribution is 5.05. The van der Waals surface area contributed by atoms with Crippen LogP contribution in [0, 0.1) is 5.92 Å². The van der Waals surface area contributed by atoms with Gasteiger partial charge < -0.3 is 0 Å². The Bertz CT molecular complexity index is 280. The van der Waals surface area contributed by atoms with Crippen molar-refractivity contribution >= 4 is 0 Å². The summed E-state index contributed by atoms with van der Waals surface area (Å²) in [5.74, 6) is 6.36. The Morgan fingerprint density at radius 1 is 1.40 bits per heavy atom. The highest BCUT2D eigenvalue weighted by atomic mass is 15.2. The third-order valence-electron chi connectivity index (χ3n) is 3.34. The van der Waals surface area contributed by atoms with Crippen LogP contribution in [0.25, 0.3) is 0 Å². The zero-order chi connectivity index (χ0) is 10.5. The molecule has 15 heavy (non-hydrogen) atoms. The van der Waals surface area contributed by atoms with Crippen molar-refractivity contribution in [3.05, 3.63) is 30.1 Å². The number of pyridine rings is 1. The van der Waals surface area contributed by atoms with Crippen LogP contribution in [0.1, 0.15) is 31.4 Å². The molecule has 82 valence electrons. The van der Waals surface area contributed by atoms with Gasteiger partial charge >= 0.3 is 0 Å². The normalized spacial score (nSPS) is 19.3. The van der Waals surface area contributed by atoms with Crippen molar-refractivity contribution in [3.8, 4) is 0 Å². The summed E-state index contributed by atoms with van der Waals surface area (Å²) in [6.07, 6.45) is 8.11. The van der Waals surface area contributed by atoms with Crippen LogP contribution in [0.3, 0.4) is 0 Å². The number of aromatic nitrogens is 1. The average Bonchev–Trinajstić information content (AvgIpc) is 2.81. The zero-order valence-corrected chi connectivity index (χ0v) is 9.02. The molecular weight excluding hydrogens is 186 g/mol. The SMILES string of the molecule is NNC(Cc1ccccn1)C1CCCC1. The van der Waals surface area contributed by atoms with E-state index in [0.717, 1.165) is 18.0 Å². The van der Waals surface area contributed by atoms with Crippen LogP contribution in [0.2, 0.25) is 0 Å². The first-order valence-corrected chi connectivity index (χ1v) is 5.76. The molecule has 1 heterocycles. The van der Waals surface area contributed by atoms with Crippen molar-refractivity contribution in [2.24, 2.45) is 11.8 Å². The van der Waals surface area contributed by atoms with Gasteiger partial charge in [0.15, 0.2) is 0 Å². The molecule has 0 amide bonds. The van der Waals surface area contributed by atoms with E-state index in [9.17, 15) is 0 Å². The molecule has 3 N–H and O–H groups in total. The molecule has 1 unspecified atom stereocenters. The monoisotopic (exact) mass is 205 g/mol. The molecule has 1 aromatic heterocycles. The summed E-state index contributed by atoms with van der Waals surface area (Å²) in [6.45, 7) is 0. The average molecular weight is 205 g/mol. The second-order valence-electron chi connectivity index (χ2n) is 4.34. The number of hydrogen-bond acceptors (Lipinski definition) is 3. The predicted molar refractivity (Wildman–Crippen MR) is 61.0 cm³/mol. The zero-order valence-electron chi connectivity index (χ0n) is 9.02. The molecule has 1 atom stereocenters. The third-order valence-corrected chi connectivity index (χ3v) is 3.34. The molecule has 0 bridgehead atoms. The standard InChI is InChI=1S/C12H19N3/c13-15-12(10-5-1-2-6-10)9-11-7-3-4-8-14-11/h3-4,7-8,10,12,15H,1-2,5-6,9,13H2. The minimum atomic E-state index is 0.391. The maximum absolute atomic E-state index is 5.62. The summed E-state index contributed by atoms with van der Waals surface area (Å²) in [4.78, 5) is 4.34. The summed E-state index contributed by atoms with van der Waals surface area (Å²) in [5, 5.41) is 0. The van der Waals surface area contributed by atoms with E-state index in [1.165, 1.54) is 25.7 Å². The summed E-state index contributed by atoms with van der Waals surface area (Å²) in [6, 6.07) is 6.44. The van der Waals surface area contributed by atoms with Gasteiger partial charge in [0, 0.05) is 24.4 Å². The lowest BCUT2D eigenvalue weighted by molar-refractivity contribution is 0.359. The van der Waals surface area contributed by atoms with E-state index >= 15 is 0 Å². The lowest BCUT2D eigenvalue weighted by Crippen LogP contribution is -2.41. The van der Waals surface area contributed by atoms with Crippen molar-refractivity contribution in [1.29, 1.82) is 0 Å². The van der Waals surface area contributed by atoms with Crippen LogP contribution in [-0.4, -0.2) is 11.0 Å². The Morgan fingerprint density at radius 2 is 2.20 bits per heavy atom. The van der Waals surface area contributed by atoms with Crippen molar-refractivity contribution in [2.45, 2.75) is 38.1 Å². The van der Waals surface area contributed by atoms with Crippen molar-refractivity contribution in [2.75, 3.05) is 0 Å². The summed E-state index contributed by atoms with van der Waals surface area (Å²) < 4.78 is 0. The second kappa shape index (κ2) is 5.24. The van der Waals surface area contributed by atoms with Gasteiger partial charge in [0.25, 0.3) is 0 Å². The number of hydrogen-bond donors (Lipinski definition) is 2. The largest absolute Gasteiger partial charge is 0.271 e. The van der Waals surface area contributed by atoms with E-state index in [4.69, 9.17) is 5.84 Å². The first-order valence-electron chi connectivity index (χ1n) is 5.76. The Labute approximate surface area is 91.1 Å². The molecule has 0 aromatic carbocycles. The summed E-state index contributed by atoms with van der Waals surface area (Å²) >= 11 is 0.